The first kappa shape index (κ1) is 15.4. The summed E-state index contributed by atoms with van der Waals surface area (Å²) in [6.45, 7) is 3.79. The second-order valence-electron chi connectivity index (χ2n) is 7.74. The van der Waals surface area contributed by atoms with Crippen molar-refractivity contribution in [2.24, 2.45) is 0 Å². The van der Waals surface area contributed by atoms with E-state index in [1.54, 1.807) is 0 Å². The molecular formula is C22H25NO2. The van der Waals surface area contributed by atoms with Gasteiger partial charge in [-0.1, -0.05) is 49.4 Å². The quantitative estimate of drug-likeness (QED) is 0.776. The van der Waals surface area contributed by atoms with E-state index in [4.69, 9.17) is 9.47 Å². The summed E-state index contributed by atoms with van der Waals surface area (Å²) >= 11 is 0. The zero-order chi connectivity index (χ0) is 16.8. The number of hydrogen-bond donors (Lipinski definition) is 0. The number of nitrogens with zero attached hydrogens (tertiary/aromatic N) is 1. The molecule has 4 atom stereocenters. The maximum absolute atomic E-state index is 6.12. The van der Waals surface area contributed by atoms with E-state index in [-0.39, 0.29) is 6.23 Å². The van der Waals surface area contributed by atoms with Crippen LogP contribution in [0.5, 0.6) is 5.75 Å². The molecule has 0 N–H and O–H groups in total. The average Bonchev–Trinajstić information content (AvgIpc) is 3.07. The molecule has 2 heterocycles. The van der Waals surface area contributed by atoms with Crippen molar-refractivity contribution in [3.63, 3.8) is 0 Å². The molecule has 130 valence electrons. The Bertz CT molecular complexity index is 774. The lowest BCUT2D eigenvalue weighted by molar-refractivity contribution is -0.107. The van der Waals surface area contributed by atoms with Gasteiger partial charge in [-0.25, -0.2) is 0 Å². The van der Waals surface area contributed by atoms with Crippen LogP contribution in [0.25, 0.3) is 0 Å². The molecular weight excluding hydrogens is 310 g/mol. The van der Waals surface area contributed by atoms with Crippen LogP contribution in [0.15, 0.2) is 48.5 Å². The second kappa shape index (κ2) is 6.15. The topological polar surface area (TPSA) is 21.7 Å². The van der Waals surface area contributed by atoms with Gasteiger partial charge in [0.25, 0.3) is 0 Å². The molecule has 2 bridgehead atoms. The largest absolute Gasteiger partial charge is 0.467 e. The van der Waals surface area contributed by atoms with Crippen LogP contribution in [-0.4, -0.2) is 30.5 Å². The highest BCUT2D eigenvalue weighted by molar-refractivity contribution is 5.38. The molecule has 3 heteroatoms. The minimum atomic E-state index is 0.181. The molecule has 1 saturated heterocycles. The summed E-state index contributed by atoms with van der Waals surface area (Å²) in [6.07, 6.45) is 3.61. The van der Waals surface area contributed by atoms with Crippen molar-refractivity contribution >= 4 is 0 Å². The van der Waals surface area contributed by atoms with Gasteiger partial charge in [0, 0.05) is 18.5 Å². The second-order valence-corrected chi connectivity index (χ2v) is 7.74. The maximum atomic E-state index is 6.12. The van der Waals surface area contributed by atoms with Gasteiger partial charge in [-0.2, -0.15) is 0 Å². The number of para-hydroxylation sites is 1. The van der Waals surface area contributed by atoms with Crippen LogP contribution < -0.4 is 4.74 Å². The first-order valence-electron chi connectivity index (χ1n) is 9.46. The Labute approximate surface area is 149 Å². The third kappa shape index (κ3) is 2.66. The summed E-state index contributed by atoms with van der Waals surface area (Å²) in [7, 11) is 0. The standard InChI is InChI=1S/C22H25NO2/c1-15-10-18(11-16-6-2-3-7-19(15)16)23-13-17-12-22(23)25-14-24-21-9-5-4-8-20(17)21/h2-9,15,17-18,22H,10-14H2,1H3/t15-,17?,18+,22?/m1/s1. The van der Waals surface area contributed by atoms with Gasteiger partial charge >= 0.3 is 0 Å². The van der Waals surface area contributed by atoms with E-state index in [0.717, 1.165) is 25.1 Å². The van der Waals surface area contributed by atoms with Crippen LogP contribution in [0.3, 0.4) is 0 Å². The molecule has 1 fully saturated rings. The van der Waals surface area contributed by atoms with E-state index < -0.39 is 0 Å². The van der Waals surface area contributed by atoms with Crippen LogP contribution in [-0.2, 0) is 11.2 Å². The van der Waals surface area contributed by atoms with Crippen molar-refractivity contribution in [2.45, 2.75) is 50.3 Å². The molecule has 25 heavy (non-hydrogen) atoms. The zero-order valence-electron chi connectivity index (χ0n) is 14.7. The summed E-state index contributed by atoms with van der Waals surface area (Å²) in [4.78, 5) is 2.61. The SMILES string of the molecule is C[C@@H]1C[C@H](N2CC3CC2OCOc2ccccc23)Cc2ccccc21. The number of fused-ring (bicyclic) bond motifs is 5. The van der Waals surface area contributed by atoms with Crippen LogP contribution in [0, 0.1) is 0 Å². The summed E-state index contributed by atoms with van der Waals surface area (Å²) in [6, 6.07) is 18.0. The van der Waals surface area contributed by atoms with Crippen molar-refractivity contribution < 1.29 is 9.47 Å². The highest BCUT2D eigenvalue weighted by atomic mass is 16.7. The van der Waals surface area contributed by atoms with E-state index in [2.05, 4.69) is 54.3 Å². The van der Waals surface area contributed by atoms with Gasteiger partial charge < -0.3 is 9.47 Å². The molecule has 5 rings (SSSR count). The van der Waals surface area contributed by atoms with Crippen molar-refractivity contribution in [3.8, 4) is 5.75 Å². The molecule has 0 aromatic heterocycles. The van der Waals surface area contributed by atoms with E-state index in [0.29, 0.717) is 24.7 Å². The van der Waals surface area contributed by atoms with Gasteiger partial charge in [0.15, 0.2) is 6.79 Å². The van der Waals surface area contributed by atoms with Crippen LogP contribution in [0.2, 0.25) is 0 Å². The third-order valence-electron chi connectivity index (χ3n) is 6.26. The predicted molar refractivity (Wildman–Crippen MR) is 97.8 cm³/mol. The normalized spacial score (nSPS) is 31.4. The Morgan fingerprint density at radius 3 is 2.68 bits per heavy atom. The lowest BCUT2D eigenvalue weighted by atomic mass is 9.80. The highest BCUT2D eigenvalue weighted by Crippen LogP contribution is 2.42. The lowest BCUT2D eigenvalue weighted by Gasteiger charge is -2.38. The van der Waals surface area contributed by atoms with Gasteiger partial charge in [0.2, 0.25) is 0 Å². The molecule has 1 aliphatic carbocycles. The van der Waals surface area contributed by atoms with Gasteiger partial charge in [-0.15, -0.1) is 0 Å². The maximum Gasteiger partial charge on any atom is 0.190 e. The monoisotopic (exact) mass is 335 g/mol. The van der Waals surface area contributed by atoms with Gasteiger partial charge in [-0.3, -0.25) is 4.90 Å². The van der Waals surface area contributed by atoms with E-state index in [1.165, 1.54) is 23.1 Å². The molecule has 3 aliphatic rings. The molecule has 2 unspecified atom stereocenters. The summed E-state index contributed by atoms with van der Waals surface area (Å²) in [5.41, 5.74) is 4.40. The molecule has 3 nitrogen and oxygen atoms in total. The first-order valence-corrected chi connectivity index (χ1v) is 9.46. The smallest absolute Gasteiger partial charge is 0.190 e. The Kier molecular flexibility index (Phi) is 3.79. The summed E-state index contributed by atoms with van der Waals surface area (Å²) in [5, 5.41) is 0. The highest BCUT2D eigenvalue weighted by Gasteiger charge is 2.41. The third-order valence-corrected chi connectivity index (χ3v) is 6.26. The van der Waals surface area contributed by atoms with Gasteiger partial charge in [0.05, 0.1) is 0 Å². The molecule has 0 spiro atoms. The lowest BCUT2D eigenvalue weighted by Crippen LogP contribution is -2.44. The molecule has 2 aliphatic heterocycles. The molecule has 2 aromatic carbocycles. The molecule has 0 saturated carbocycles. The number of benzene rings is 2. The Hall–Kier alpha value is -1.84. The number of hydrogen-bond acceptors (Lipinski definition) is 3. The summed E-state index contributed by atoms with van der Waals surface area (Å²) in [5.74, 6) is 2.12. The van der Waals surface area contributed by atoms with Crippen molar-refractivity contribution in [3.05, 3.63) is 65.2 Å². The minimum absolute atomic E-state index is 0.181. The number of likely N-dealkylation sites (tertiary alicyclic amines) is 1. The molecule has 0 radical (unpaired) electrons. The van der Waals surface area contributed by atoms with Gasteiger partial charge in [0.1, 0.15) is 12.0 Å². The van der Waals surface area contributed by atoms with Crippen molar-refractivity contribution in [2.75, 3.05) is 13.3 Å². The zero-order valence-corrected chi connectivity index (χ0v) is 14.7. The molecule has 2 aromatic rings. The fourth-order valence-electron chi connectivity index (χ4n) is 5.05. The van der Waals surface area contributed by atoms with E-state index in [1.807, 2.05) is 6.07 Å². The predicted octanol–water partition coefficient (Wildman–Crippen LogP) is 4.29. The Morgan fingerprint density at radius 1 is 0.960 bits per heavy atom. The van der Waals surface area contributed by atoms with Crippen LogP contribution in [0.1, 0.15) is 48.3 Å². The van der Waals surface area contributed by atoms with E-state index in [9.17, 15) is 0 Å². The first-order chi connectivity index (χ1) is 12.3. The van der Waals surface area contributed by atoms with Gasteiger partial charge in [-0.05, 0) is 47.9 Å². The van der Waals surface area contributed by atoms with Crippen molar-refractivity contribution in [1.29, 1.82) is 0 Å². The fraction of sp³-hybridized carbons (Fsp3) is 0.455. The fourth-order valence-corrected chi connectivity index (χ4v) is 5.05. The number of ether oxygens (including phenoxy) is 2. The number of rotatable bonds is 1. The minimum Gasteiger partial charge on any atom is -0.467 e. The summed E-state index contributed by atoms with van der Waals surface area (Å²) < 4.78 is 12.0. The van der Waals surface area contributed by atoms with Crippen LogP contribution >= 0.6 is 0 Å². The Balaban J connectivity index is 1.43. The van der Waals surface area contributed by atoms with E-state index >= 15 is 0 Å². The average molecular weight is 335 g/mol. The van der Waals surface area contributed by atoms with Crippen LogP contribution in [0.4, 0.5) is 0 Å². The van der Waals surface area contributed by atoms with Crippen molar-refractivity contribution in [1.82, 2.24) is 4.90 Å². The molecule has 0 amide bonds. The Morgan fingerprint density at radius 2 is 1.76 bits per heavy atom.